The maximum absolute atomic E-state index is 12.8. The van der Waals surface area contributed by atoms with Crippen molar-refractivity contribution in [3.05, 3.63) is 59.4 Å². The van der Waals surface area contributed by atoms with Crippen LogP contribution in [0.5, 0.6) is 5.75 Å². The standard InChI is InChI=1S/C21H23ClFN3O3/c22-16-2-1-3-18(14-16)25-9-11-26(12-10-25)21(28)15-24-20(27)8-13-29-19-6-4-17(23)5-7-19/h1-7,14H,8-13,15H2,(H,24,27). The van der Waals surface area contributed by atoms with E-state index in [1.165, 1.54) is 24.3 Å². The average molecular weight is 420 g/mol. The monoisotopic (exact) mass is 419 g/mol. The van der Waals surface area contributed by atoms with Gasteiger partial charge in [-0.2, -0.15) is 0 Å². The highest BCUT2D eigenvalue weighted by atomic mass is 35.5. The second kappa shape index (κ2) is 10.1. The van der Waals surface area contributed by atoms with Gasteiger partial charge in [-0.25, -0.2) is 4.39 Å². The molecule has 0 aromatic heterocycles. The number of anilines is 1. The molecule has 0 unspecified atom stereocenters. The molecule has 2 aromatic rings. The van der Waals surface area contributed by atoms with Crippen LogP contribution in [0.2, 0.25) is 5.02 Å². The van der Waals surface area contributed by atoms with Gasteiger partial charge in [0.15, 0.2) is 0 Å². The van der Waals surface area contributed by atoms with Crippen LogP contribution in [0.3, 0.4) is 0 Å². The Balaban J connectivity index is 1.34. The zero-order valence-corrected chi connectivity index (χ0v) is 16.7. The third kappa shape index (κ3) is 6.35. The van der Waals surface area contributed by atoms with Gasteiger partial charge < -0.3 is 19.9 Å². The Morgan fingerprint density at radius 3 is 2.48 bits per heavy atom. The van der Waals surface area contributed by atoms with E-state index in [4.69, 9.17) is 16.3 Å². The van der Waals surface area contributed by atoms with Crippen molar-refractivity contribution in [1.29, 1.82) is 0 Å². The van der Waals surface area contributed by atoms with Crippen molar-refractivity contribution in [2.24, 2.45) is 0 Å². The first kappa shape index (κ1) is 20.9. The van der Waals surface area contributed by atoms with Crippen LogP contribution in [0, 0.1) is 5.82 Å². The molecule has 8 heteroatoms. The van der Waals surface area contributed by atoms with E-state index in [0.717, 1.165) is 5.69 Å². The fourth-order valence-corrected chi connectivity index (χ4v) is 3.24. The predicted octanol–water partition coefficient (Wildman–Crippen LogP) is 2.71. The molecule has 6 nitrogen and oxygen atoms in total. The molecule has 1 fully saturated rings. The summed E-state index contributed by atoms with van der Waals surface area (Å²) in [6.07, 6.45) is 0.118. The Bertz CT molecular complexity index is 839. The van der Waals surface area contributed by atoms with Crippen molar-refractivity contribution < 1.29 is 18.7 Å². The SMILES string of the molecule is O=C(CCOc1ccc(F)cc1)NCC(=O)N1CCN(c2cccc(Cl)c2)CC1. The Hall–Kier alpha value is -2.80. The molecule has 0 spiro atoms. The molecular formula is C21H23ClFN3O3. The van der Waals surface area contributed by atoms with E-state index >= 15 is 0 Å². The Morgan fingerprint density at radius 2 is 1.79 bits per heavy atom. The number of piperazine rings is 1. The van der Waals surface area contributed by atoms with Gasteiger partial charge in [0.05, 0.1) is 19.6 Å². The third-order valence-electron chi connectivity index (χ3n) is 4.65. The predicted molar refractivity (Wildman–Crippen MR) is 110 cm³/mol. The highest BCUT2D eigenvalue weighted by molar-refractivity contribution is 6.30. The fourth-order valence-electron chi connectivity index (χ4n) is 3.05. The summed E-state index contributed by atoms with van der Waals surface area (Å²) < 4.78 is 18.2. The lowest BCUT2D eigenvalue weighted by molar-refractivity contribution is -0.133. The first-order chi connectivity index (χ1) is 14.0. The second-order valence-corrected chi connectivity index (χ2v) is 7.11. The van der Waals surface area contributed by atoms with E-state index in [9.17, 15) is 14.0 Å². The molecule has 1 aliphatic heterocycles. The van der Waals surface area contributed by atoms with E-state index in [1.807, 2.05) is 24.3 Å². The molecule has 1 heterocycles. The lowest BCUT2D eigenvalue weighted by atomic mass is 10.2. The summed E-state index contributed by atoms with van der Waals surface area (Å²) in [4.78, 5) is 28.2. The first-order valence-corrected chi connectivity index (χ1v) is 9.82. The summed E-state index contributed by atoms with van der Waals surface area (Å²) in [6.45, 7) is 2.73. The number of hydrogen-bond donors (Lipinski definition) is 1. The number of carbonyl (C=O) groups excluding carboxylic acids is 2. The average Bonchev–Trinajstić information content (AvgIpc) is 2.73. The molecule has 0 atom stereocenters. The Kier molecular flexibility index (Phi) is 7.30. The number of benzene rings is 2. The summed E-state index contributed by atoms with van der Waals surface area (Å²) in [6, 6.07) is 13.2. The minimum absolute atomic E-state index is 0.0352. The fraction of sp³-hybridized carbons (Fsp3) is 0.333. The summed E-state index contributed by atoms with van der Waals surface area (Å²) in [5.41, 5.74) is 1.04. The number of amides is 2. The minimum Gasteiger partial charge on any atom is -0.493 e. The van der Waals surface area contributed by atoms with Gasteiger partial charge in [0.25, 0.3) is 0 Å². The van der Waals surface area contributed by atoms with Crippen molar-refractivity contribution in [1.82, 2.24) is 10.2 Å². The van der Waals surface area contributed by atoms with Gasteiger partial charge in [-0.05, 0) is 42.5 Å². The van der Waals surface area contributed by atoms with Crippen LogP contribution in [0.25, 0.3) is 0 Å². The van der Waals surface area contributed by atoms with Gasteiger partial charge >= 0.3 is 0 Å². The van der Waals surface area contributed by atoms with Crippen molar-refractivity contribution in [3.8, 4) is 5.75 Å². The molecule has 0 aliphatic carbocycles. The lowest BCUT2D eigenvalue weighted by Gasteiger charge is -2.36. The molecule has 2 aromatic carbocycles. The van der Waals surface area contributed by atoms with Gasteiger partial charge in [0.1, 0.15) is 11.6 Å². The van der Waals surface area contributed by atoms with Crippen LogP contribution in [0.4, 0.5) is 10.1 Å². The molecule has 0 saturated carbocycles. The van der Waals surface area contributed by atoms with Crippen molar-refractivity contribution in [2.75, 3.05) is 44.2 Å². The zero-order valence-electron chi connectivity index (χ0n) is 15.9. The van der Waals surface area contributed by atoms with Gasteiger partial charge in [0.2, 0.25) is 11.8 Å². The maximum Gasteiger partial charge on any atom is 0.242 e. The number of halogens is 2. The number of hydrogen-bond acceptors (Lipinski definition) is 4. The molecular weight excluding hydrogens is 397 g/mol. The van der Waals surface area contributed by atoms with Crippen LogP contribution < -0.4 is 15.0 Å². The zero-order chi connectivity index (χ0) is 20.6. The third-order valence-corrected chi connectivity index (χ3v) is 4.89. The summed E-state index contributed by atoms with van der Waals surface area (Å²) >= 11 is 6.04. The van der Waals surface area contributed by atoms with Crippen LogP contribution in [0.1, 0.15) is 6.42 Å². The van der Waals surface area contributed by atoms with Crippen molar-refractivity contribution in [3.63, 3.8) is 0 Å². The van der Waals surface area contributed by atoms with Gasteiger partial charge in [-0.3, -0.25) is 9.59 Å². The van der Waals surface area contributed by atoms with Crippen molar-refractivity contribution in [2.45, 2.75) is 6.42 Å². The summed E-state index contributed by atoms with van der Waals surface area (Å²) in [5, 5.41) is 3.31. The molecule has 0 bridgehead atoms. The maximum atomic E-state index is 12.8. The van der Waals surface area contributed by atoms with E-state index in [1.54, 1.807) is 4.90 Å². The van der Waals surface area contributed by atoms with E-state index in [-0.39, 0.29) is 37.2 Å². The highest BCUT2D eigenvalue weighted by Gasteiger charge is 2.21. The molecule has 1 aliphatic rings. The second-order valence-electron chi connectivity index (χ2n) is 6.68. The van der Waals surface area contributed by atoms with Gasteiger partial charge in [0, 0.05) is 36.9 Å². The number of carbonyl (C=O) groups is 2. The molecule has 1 saturated heterocycles. The van der Waals surface area contributed by atoms with Crippen molar-refractivity contribution >= 4 is 29.1 Å². The van der Waals surface area contributed by atoms with Gasteiger partial charge in [-0.1, -0.05) is 17.7 Å². The molecule has 3 rings (SSSR count). The van der Waals surface area contributed by atoms with Gasteiger partial charge in [-0.15, -0.1) is 0 Å². The Morgan fingerprint density at radius 1 is 1.07 bits per heavy atom. The van der Waals surface area contributed by atoms with Crippen LogP contribution in [0.15, 0.2) is 48.5 Å². The largest absolute Gasteiger partial charge is 0.493 e. The number of rotatable bonds is 7. The summed E-state index contributed by atoms with van der Waals surface area (Å²) in [5.74, 6) is -0.226. The van der Waals surface area contributed by atoms with Crippen LogP contribution in [-0.4, -0.2) is 56.0 Å². The number of nitrogens with one attached hydrogen (secondary N) is 1. The first-order valence-electron chi connectivity index (χ1n) is 9.44. The summed E-state index contributed by atoms with van der Waals surface area (Å²) in [7, 11) is 0. The van der Waals surface area contributed by atoms with Crippen LogP contribution in [-0.2, 0) is 9.59 Å². The quantitative estimate of drug-likeness (QED) is 0.749. The molecule has 154 valence electrons. The Labute approximate surface area is 174 Å². The van der Waals surface area contributed by atoms with Crippen LogP contribution >= 0.6 is 11.6 Å². The normalized spacial score (nSPS) is 13.9. The topological polar surface area (TPSA) is 61.9 Å². The molecule has 0 radical (unpaired) electrons. The highest BCUT2D eigenvalue weighted by Crippen LogP contribution is 2.20. The van der Waals surface area contributed by atoms with E-state index in [0.29, 0.717) is 37.0 Å². The van der Waals surface area contributed by atoms with E-state index in [2.05, 4.69) is 10.2 Å². The lowest BCUT2D eigenvalue weighted by Crippen LogP contribution is -2.51. The minimum atomic E-state index is -0.345. The molecule has 2 amide bonds. The molecule has 1 N–H and O–H groups in total. The number of nitrogens with zero attached hydrogens (tertiary/aromatic N) is 2. The smallest absolute Gasteiger partial charge is 0.242 e. The number of ether oxygens (including phenoxy) is 1. The van der Waals surface area contributed by atoms with E-state index < -0.39 is 0 Å². The molecule has 29 heavy (non-hydrogen) atoms.